The number of phenols is 1. The number of carbonyl (C=O) groups is 2. The molecule has 30 heavy (non-hydrogen) atoms. The summed E-state index contributed by atoms with van der Waals surface area (Å²) in [6.45, 7) is 2.29. The van der Waals surface area contributed by atoms with Gasteiger partial charge in [-0.15, -0.1) is 11.3 Å². The number of nitrogens with zero attached hydrogens (tertiary/aromatic N) is 2. The number of carbonyl (C=O) groups excluding carboxylic acids is 2. The lowest BCUT2D eigenvalue weighted by atomic mass is 9.95. The quantitative estimate of drug-likeness (QED) is 0.368. The van der Waals surface area contributed by atoms with E-state index >= 15 is 0 Å². The molecule has 0 spiro atoms. The van der Waals surface area contributed by atoms with Crippen LogP contribution in [0.5, 0.6) is 11.5 Å². The Kier molecular flexibility index (Phi) is 5.24. The second-order valence-corrected chi connectivity index (χ2v) is 7.41. The maximum Gasteiger partial charge on any atom is 0.301 e. The Morgan fingerprint density at radius 1 is 1.20 bits per heavy atom. The van der Waals surface area contributed by atoms with E-state index in [1.165, 1.54) is 34.6 Å². The highest BCUT2D eigenvalue weighted by Gasteiger charge is 2.48. The zero-order chi connectivity index (χ0) is 21.3. The van der Waals surface area contributed by atoms with Gasteiger partial charge in [0.25, 0.3) is 5.78 Å². The monoisotopic (exact) mass is 422 g/mol. The predicted molar refractivity (Wildman–Crippen MR) is 113 cm³/mol. The first-order valence-electron chi connectivity index (χ1n) is 9.24. The number of thiazole rings is 1. The molecule has 2 heterocycles. The third-order valence-corrected chi connectivity index (χ3v) is 5.44. The number of Topliss-reactive ketones (excluding diaryl/α,β-unsaturated/α-hetero) is 1. The number of aromatic hydroxyl groups is 1. The average molecular weight is 422 g/mol. The molecule has 1 aromatic heterocycles. The molecule has 0 saturated carbocycles. The highest BCUT2D eigenvalue weighted by atomic mass is 32.1. The Balaban J connectivity index is 1.92. The van der Waals surface area contributed by atoms with Crippen LogP contribution in [0.4, 0.5) is 5.13 Å². The van der Waals surface area contributed by atoms with E-state index in [2.05, 4.69) is 4.98 Å². The van der Waals surface area contributed by atoms with E-state index in [0.717, 1.165) is 0 Å². The molecule has 1 atom stereocenters. The van der Waals surface area contributed by atoms with E-state index in [1.807, 2.05) is 6.92 Å². The molecule has 1 saturated heterocycles. The first-order chi connectivity index (χ1) is 14.5. The molecule has 1 amide bonds. The number of aliphatic hydroxyl groups excluding tert-OH is 1. The number of benzene rings is 2. The Morgan fingerprint density at radius 3 is 2.70 bits per heavy atom. The molecule has 7 nitrogen and oxygen atoms in total. The second-order valence-electron chi connectivity index (χ2n) is 6.54. The van der Waals surface area contributed by atoms with E-state index in [9.17, 15) is 19.8 Å². The van der Waals surface area contributed by atoms with E-state index in [1.54, 1.807) is 41.8 Å². The number of hydrogen-bond acceptors (Lipinski definition) is 7. The van der Waals surface area contributed by atoms with Crippen LogP contribution in [-0.4, -0.2) is 33.5 Å². The number of anilines is 1. The molecule has 4 rings (SSSR count). The van der Waals surface area contributed by atoms with Crippen LogP contribution in [0.2, 0.25) is 0 Å². The first kappa shape index (κ1) is 19.7. The SMILES string of the molecule is CCOc1cccc(/C(O)=C2\C(=O)C(=O)N(c3nccs3)C2c2cccc(O)c2)c1. The maximum atomic E-state index is 13.0. The Morgan fingerprint density at radius 2 is 2.00 bits per heavy atom. The summed E-state index contributed by atoms with van der Waals surface area (Å²) in [5.74, 6) is -1.42. The largest absolute Gasteiger partial charge is 0.508 e. The lowest BCUT2D eigenvalue weighted by Gasteiger charge is -2.23. The number of amides is 1. The minimum Gasteiger partial charge on any atom is -0.508 e. The standard InChI is InChI=1S/C22H18N2O5S/c1-2-29-16-8-4-6-14(12-16)19(26)17-18(13-5-3-7-15(25)11-13)24(21(28)20(17)27)22-23-9-10-30-22/h3-12,18,25-26H,2H2,1H3/b19-17+. The van der Waals surface area contributed by atoms with Crippen molar-refractivity contribution in [1.82, 2.24) is 4.98 Å². The summed E-state index contributed by atoms with van der Waals surface area (Å²) < 4.78 is 5.48. The van der Waals surface area contributed by atoms with Gasteiger partial charge < -0.3 is 14.9 Å². The number of aliphatic hydroxyl groups is 1. The number of rotatable bonds is 5. The molecule has 2 N–H and O–H groups in total. The normalized spacial score (nSPS) is 18.0. The van der Waals surface area contributed by atoms with Crippen LogP contribution in [0.25, 0.3) is 5.76 Å². The van der Waals surface area contributed by atoms with Gasteiger partial charge >= 0.3 is 5.91 Å². The van der Waals surface area contributed by atoms with Crippen LogP contribution in [0.15, 0.2) is 65.7 Å². The van der Waals surface area contributed by atoms with E-state index in [-0.39, 0.29) is 17.1 Å². The first-order valence-corrected chi connectivity index (χ1v) is 10.1. The molecule has 152 valence electrons. The molecular formula is C22H18N2O5S. The summed E-state index contributed by atoms with van der Waals surface area (Å²) in [7, 11) is 0. The Labute approximate surface area is 176 Å². The summed E-state index contributed by atoms with van der Waals surface area (Å²) in [6, 6.07) is 12.0. The number of phenolic OH excluding ortho intramolecular Hbond substituents is 1. The van der Waals surface area contributed by atoms with Crippen LogP contribution >= 0.6 is 11.3 Å². The molecule has 1 unspecified atom stereocenters. The number of ketones is 1. The van der Waals surface area contributed by atoms with Gasteiger partial charge in [-0.05, 0) is 36.8 Å². The fraction of sp³-hybridized carbons (Fsp3) is 0.136. The molecule has 1 fully saturated rings. The van der Waals surface area contributed by atoms with Gasteiger partial charge in [-0.25, -0.2) is 4.98 Å². The molecule has 1 aliphatic heterocycles. The molecular weight excluding hydrogens is 404 g/mol. The molecule has 0 radical (unpaired) electrons. The molecule has 2 aromatic carbocycles. The number of ether oxygens (including phenoxy) is 1. The Bertz CT molecular complexity index is 1140. The van der Waals surface area contributed by atoms with Crippen molar-refractivity contribution in [1.29, 1.82) is 0 Å². The average Bonchev–Trinajstić information content (AvgIpc) is 3.35. The van der Waals surface area contributed by atoms with Gasteiger partial charge in [-0.2, -0.15) is 0 Å². The van der Waals surface area contributed by atoms with Crippen molar-refractivity contribution < 1.29 is 24.5 Å². The third kappa shape index (κ3) is 3.42. The van der Waals surface area contributed by atoms with Gasteiger partial charge in [0.2, 0.25) is 0 Å². The maximum absolute atomic E-state index is 13.0. The van der Waals surface area contributed by atoms with E-state index in [0.29, 0.717) is 28.6 Å². The predicted octanol–water partition coefficient (Wildman–Crippen LogP) is 3.87. The van der Waals surface area contributed by atoms with Crippen molar-refractivity contribution in [3.8, 4) is 11.5 Å². The van der Waals surface area contributed by atoms with Crippen LogP contribution in [0.3, 0.4) is 0 Å². The van der Waals surface area contributed by atoms with Gasteiger partial charge in [0.15, 0.2) is 5.13 Å². The van der Waals surface area contributed by atoms with Crippen molar-refractivity contribution in [2.75, 3.05) is 11.5 Å². The summed E-state index contributed by atoms with van der Waals surface area (Å²) in [6.07, 6.45) is 1.53. The number of aromatic nitrogens is 1. The zero-order valence-corrected chi connectivity index (χ0v) is 16.8. The van der Waals surface area contributed by atoms with Gasteiger partial charge in [0, 0.05) is 17.1 Å². The highest BCUT2D eigenvalue weighted by molar-refractivity contribution is 7.14. The second kappa shape index (κ2) is 8.00. The van der Waals surface area contributed by atoms with Crippen LogP contribution in [0, 0.1) is 0 Å². The van der Waals surface area contributed by atoms with Gasteiger partial charge in [-0.3, -0.25) is 14.5 Å². The zero-order valence-electron chi connectivity index (χ0n) is 16.0. The summed E-state index contributed by atoms with van der Waals surface area (Å²) in [5.41, 5.74) is 0.754. The van der Waals surface area contributed by atoms with Crippen molar-refractivity contribution in [2.24, 2.45) is 0 Å². The fourth-order valence-corrected chi connectivity index (χ4v) is 4.10. The van der Waals surface area contributed by atoms with Crippen molar-refractivity contribution in [3.63, 3.8) is 0 Å². The summed E-state index contributed by atoms with van der Waals surface area (Å²) >= 11 is 1.20. The Hall–Kier alpha value is -3.65. The third-order valence-electron chi connectivity index (χ3n) is 4.67. The summed E-state index contributed by atoms with van der Waals surface area (Å²) in [5, 5.41) is 23.0. The van der Waals surface area contributed by atoms with Gasteiger partial charge in [0.1, 0.15) is 17.3 Å². The fourth-order valence-electron chi connectivity index (χ4n) is 3.43. The smallest absolute Gasteiger partial charge is 0.301 e. The van der Waals surface area contributed by atoms with Crippen LogP contribution in [0.1, 0.15) is 24.1 Å². The molecule has 0 bridgehead atoms. The van der Waals surface area contributed by atoms with Gasteiger partial charge in [0.05, 0.1) is 18.2 Å². The van der Waals surface area contributed by atoms with Crippen LogP contribution < -0.4 is 9.64 Å². The lowest BCUT2D eigenvalue weighted by molar-refractivity contribution is -0.132. The molecule has 8 heteroatoms. The minimum absolute atomic E-state index is 0.0180. The number of hydrogen-bond donors (Lipinski definition) is 2. The lowest BCUT2D eigenvalue weighted by Crippen LogP contribution is -2.29. The molecule has 1 aliphatic rings. The molecule has 0 aliphatic carbocycles. The van der Waals surface area contributed by atoms with Crippen molar-refractivity contribution >= 4 is 33.9 Å². The topological polar surface area (TPSA) is 100.0 Å². The van der Waals surface area contributed by atoms with Crippen molar-refractivity contribution in [2.45, 2.75) is 13.0 Å². The van der Waals surface area contributed by atoms with E-state index < -0.39 is 17.7 Å². The van der Waals surface area contributed by atoms with Crippen molar-refractivity contribution in [3.05, 3.63) is 76.8 Å². The molecule has 3 aromatic rings. The minimum atomic E-state index is -0.931. The van der Waals surface area contributed by atoms with E-state index in [4.69, 9.17) is 4.74 Å². The highest BCUT2D eigenvalue weighted by Crippen LogP contribution is 2.43. The van der Waals surface area contributed by atoms with Crippen LogP contribution in [-0.2, 0) is 9.59 Å². The summed E-state index contributed by atoms with van der Waals surface area (Å²) in [4.78, 5) is 31.3. The van der Waals surface area contributed by atoms with Gasteiger partial charge in [-0.1, -0.05) is 24.3 Å².